The van der Waals surface area contributed by atoms with Crippen molar-refractivity contribution in [3.8, 4) is 0 Å². The molecule has 1 saturated heterocycles. The zero-order valence-electron chi connectivity index (χ0n) is 14.8. The van der Waals surface area contributed by atoms with Crippen LogP contribution in [0.15, 0.2) is 24.5 Å². The first-order valence-corrected chi connectivity index (χ1v) is 9.76. The molecule has 1 amide bonds. The smallest absolute Gasteiger partial charge is 0.221 e. The number of hydrogen-bond donors (Lipinski definition) is 1. The van der Waals surface area contributed by atoms with Crippen molar-refractivity contribution in [3.05, 3.63) is 30.1 Å². The van der Waals surface area contributed by atoms with Gasteiger partial charge in [0, 0.05) is 37.4 Å². The molecule has 24 heavy (non-hydrogen) atoms. The minimum Gasteiger partial charge on any atom is -0.353 e. The number of aromatic nitrogens is 1. The number of pyridine rings is 1. The molecule has 2 aliphatic rings. The van der Waals surface area contributed by atoms with Gasteiger partial charge >= 0.3 is 0 Å². The van der Waals surface area contributed by atoms with Crippen molar-refractivity contribution in [1.82, 2.24) is 15.2 Å². The summed E-state index contributed by atoms with van der Waals surface area (Å²) in [6.07, 6.45) is 15.6. The van der Waals surface area contributed by atoms with Crippen LogP contribution < -0.4 is 5.32 Å². The van der Waals surface area contributed by atoms with E-state index in [4.69, 9.17) is 0 Å². The molecule has 0 aromatic carbocycles. The minimum atomic E-state index is 0.234. The quantitative estimate of drug-likeness (QED) is 0.835. The standard InChI is InChI=1S/C20H31N3O/c24-20(22-18-9-3-1-2-4-10-18)12-15-23-14-6-5-11-19(23)17-8-7-13-21-16-17/h7-8,13,16,18-19H,1-6,9-12,14-15H2,(H,22,24)/t19-/m0/s1. The fourth-order valence-corrected chi connectivity index (χ4v) is 4.18. The lowest BCUT2D eigenvalue weighted by Gasteiger charge is -2.35. The van der Waals surface area contributed by atoms with Crippen molar-refractivity contribution in [2.24, 2.45) is 0 Å². The van der Waals surface area contributed by atoms with Crippen LogP contribution >= 0.6 is 0 Å². The summed E-state index contributed by atoms with van der Waals surface area (Å²) in [5, 5.41) is 3.28. The monoisotopic (exact) mass is 329 g/mol. The van der Waals surface area contributed by atoms with Gasteiger partial charge in [0.15, 0.2) is 0 Å². The van der Waals surface area contributed by atoms with Gasteiger partial charge in [-0.2, -0.15) is 0 Å². The van der Waals surface area contributed by atoms with E-state index in [-0.39, 0.29) is 5.91 Å². The van der Waals surface area contributed by atoms with Gasteiger partial charge in [0.05, 0.1) is 0 Å². The second-order valence-corrected chi connectivity index (χ2v) is 7.34. The zero-order valence-corrected chi connectivity index (χ0v) is 14.8. The molecule has 1 aliphatic carbocycles. The molecule has 0 unspecified atom stereocenters. The maximum atomic E-state index is 12.4. The van der Waals surface area contributed by atoms with Crippen molar-refractivity contribution in [2.75, 3.05) is 13.1 Å². The summed E-state index contributed by atoms with van der Waals surface area (Å²) in [7, 11) is 0. The minimum absolute atomic E-state index is 0.234. The Kier molecular flexibility index (Phi) is 6.65. The Hall–Kier alpha value is -1.42. The number of likely N-dealkylation sites (tertiary alicyclic amines) is 1. The van der Waals surface area contributed by atoms with Gasteiger partial charge in [-0.3, -0.25) is 14.7 Å². The van der Waals surface area contributed by atoms with Gasteiger partial charge in [-0.1, -0.05) is 38.2 Å². The molecule has 1 atom stereocenters. The molecule has 1 aromatic rings. The van der Waals surface area contributed by atoms with Crippen LogP contribution in [0, 0.1) is 0 Å². The first-order chi connectivity index (χ1) is 11.8. The predicted molar refractivity (Wildman–Crippen MR) is 96.7 cm³/mol. The molecule has 1 N–H and O–H groups in total. The van der Waals surface area contributed by atoms with Gasteiger partial charge < -0.3 is 5.32 Å². The summed E-state index contributed by atoms with van der Waals surface area (Å²) < 4.78 is 0. The third kappa shape index (κ3) is 5.04. The molecule has 4 heteroatoms. The van der Waals surface area contributed by atoms with Crippen LogP contribution in [-0.4, -0.2) is 34.9 Å². The average Bonchev–Trinajstić information content (AvgIpc) is 2.90. The summed E-state index contributed by atoms with van der Waals surface area (Å²) in [6.45, 7) is 1.95. The summed E-state index contributed by atoms with van der Waals surface area (Å²) >= 11 is 0. The fourth-order valence-electron chi connectivity index (χ4n) is 4.18. The molecular weight excluding hydrogens is 298 g/mol. The van der Waals surface area contributed by atoms with Gasteiger partial charge in [-0.15, -0.1) is 0 Å². The summed E-state index contributed by atoms with van der Waals surface area (Å²) in [6, 6.07) is 5.02. The van der Waals surface area contributed by atoms with E-state index in [1.165, 1.54) is 50.5 Å². The predicted octanol–water partition coefficient (Wildman–Crippen LogP) is 3.84. The van der Waals surface area contributed by atoms with E-state index in [1.807, 2.05) is 18.5 Å². The molecule has 4 nitrogen and oxygen atoms in total. The molecule has 1 aromatic heterocycles. The number of nitrogens with one attached hydrogen (secondary N) is 1. The number of amides is 1. The van der Waals surface area contributed by atoms with E-state index in [1.54, 1.807) is 0 Å². The van der Waals surface area contributed by atoms with E-state index >= 15 is 0 Å². The first-order valence-electron chi connectivity index (χ1n) is 9.76. The number of carbonyl (C=O) groups is 1. The second-order valence-electron chi connectivity index (χ2n) is 7.34. The zero-order chi connectivity index (χ0) is 16.6. The molecule has 132 valence electrons. The lowest BCUT2D eigenvalue weighted by atomic mass is 9.96. The molecular formula is C20H31N3O. The van der Waals surface area contributed by atoms with Gasteiger partial charge in [0.2, 0.25) is 5.91 Å². The van der Waals surface area contributed by atoms with Crippen LogP contribution in [0.5, 0.6) is 0 Å². The topological polar surface area (TPSA) is 45.2 Å². The highest BCUT2D eigenvalue weighted by atomic mass is 16.1. The lowest BCUT2D eigenvalue weighted by Crippen LogP contribution is -2.39. The molecule has 2 fully saturated rings. The Morgan fingerprint density at radius 3 is 2.67 bits per heavy atom. The molecule has 3 rings (SSSR count). The molecule has 0 radical (unpaired) electrons. The number of piperidine rings is 1. The highest BCUT2D eigenvalue weighted by molar-refractivity contribution is 5.76. The van der Waals surface area contributed by atoms with Crippen LogP contribution in [0.25, 0.3) is 0 Å². The van der Waals surface area contributed by atoms with E-state index < -0.39 is 0 Å². The Bertz CT molecular complexity index is 497. The lowest BCUT2D eigenvalue weighted by molar-refractivity contribution is -0.122. The average molecular weight is 329 g/mol. The normalized spacial score (nSPS) is 23.6. The Labute approximate surface area is 146 Å². The maximum absolute atomic E-state index is 12.4. The van der Waals surface area contributed by atoms with Crippen molar-refractivity contribution in [2.45, 2.75) is 76.3 Å². The van der Waals surface area contributed by atoms with Crippen molar-refractivity contribution >= 4 is 5.91 Å². The highest BCUT2D eigenvalue weighted by Gasteiger charge is 2.24. The third-order valence-electron chi connectivity index (χ3n) is 5.53. The summed E-state index contributed by atoms with van der Waals surface area (Å²) in [4.78, 5) is 19.1. The van der Waals surface area contributed by atoms with E-state index in [2.05, 4.69) is 21.3 Å². The molecule has 0 bridgehead atoms. The molecule has 1 aliphatic heterocycles. The van der Waals surface area contributed by atoms with Crippen molar-refractivity contribution in [1.29, 1.82) is 0 Å². The Morgan fingerprint density at radius 1 is 1.12 bits per heavy atom. The van der Waals surface area contributed by atoms with Gasteiger partial charge in [0.25, 0.3) is 0 Å². The SMILES string of the molecule is O=C(CCN1CCCC[C@H]1c1cccnc1)NC1CCCCCC1. The van der Waals surface area contributed by atoms with Crippen LogP contribution in [0.4, 0.5) is 0 Å². The van der Waals surface area contributed by atoms with E-state index in [0.717, 1.165) is 25.9 Å². The number of hydrogen-bond acceptors (Lipinski definition) is 3. The third-order valence-corrected chi connectivity index (χ3v) is 5.53. The number of carbonyl (C=O) groups excluding carboxylic acids is 1. The van der Waals surface area contributed by atoms with Crippen LogP contribution in [0.3, 0.4) is 0 Å². The summed E-state index contributed by atoms with van der Waals surface area (Å²) in [5.41, 5.74) is 1.29. The van der Waals surface area contributed by atoms with Gasteiger partial charge in [-0.25, -0.2) is 0 Å². The second kappa shape index (κ2) is 9.16. The Morgan fingerprint density at radius 2 is 1.92 bits per heavy atom. The van der Waals surface area contributed by atoms with Crippen LogP contribution in [0.2, 0.25) is 0 Å². The molecule has 2 heterocycles. The molecule has 0 spiro atoms. The Balaban J connectivity index is 1.49. The van der Waals surface area contributed by atoms with E-state index in [9.17, 15) is 4.79 Å². The van der Waals surface area contributed by atoms with Crippen molar-refractivity contribution in [3.63, 3.8) is 0 Å². The number of rotatable bonds is 5. The van der Waals surface area contributed by atoms with E-state index in [0.29, 0.717) is 18.5 Å². The van der Waals surface area contributed by atoms with Gasteiger partial charge in [-0.05, 0) is 43.9 Å². The summed E-state index contributed by atoms with van der Waals surface area (Å²) in [5.74, 6) is 0.234. The fraction of sp³-hybridized carbons (Fsp3) is 0.700. The largest absolute Gasteiger partial charge is 0.353 e. The maximum Gasteiger partial charge on any atom is 0.221 e. The van der Waals surface area contributed by atoms with Crippen LogP contribution in [0.1, 0.15) is 75.8 Å². The highest BCUT2D eigenvalue weighted by Crippen LogP contribution is 2.30. The number of nitrogens with zero attached hydrogens (tertiary/aromatic N) is 2. The van der Waals surface area contributed by atoms with Crippen LogP contribution in [-0.2, 0) is 4.79 Å². The molecule has 1 saturated carbocycles. The van der Waals surface area contributed by atoms with Gasteiger partial charge in [0.1, 0.15) is 0 Å². The first kappa shape index (κ1) is 17.4. The van der Waals surface area contributed by atoms with Crippen molar-refractivity contribution < 1.29 is 4.79 Å².